The summed E-state index contributed by atoms with van der Waals surface area (Å²) in [7, 11) is 0. The van der Waals surface area contributed by atoms with Crippen LogP contribution in [0.25, 0.3) is 16.1 Å². The number of aliphatic hydroxyl groups is 1. The van der Waals surface area contributed by atoms with Gasteiger partial charge in [0.15, 0.2) is 5.69 Å². The van der Waals surface area contributed by atoms with E-state index < -0.39 is 0 Å². The molecule has 0 aliphatic carbocycles. The molecule has 30 heavy (non-hydrogen) atoms. The molecule has 6 nitrogen and oxygen atoms in total. The summed E-state index contributed by atoms with van der Waals surface area (Å²) in [5.74, 6) is -0.100. The van der Waals surface area contributed by atoms with Gasteiger partial charge in [0, 0.05) is 28.1 Å². The van der Waals surface area contributed by atoms with E-state index >= 15 is 0 Å². The van der Waals surface area contributed by atoms with Gasteiger partial charge in [-0.05, 0) is 36.2 Å². The Morgan fingerprint density at radius 3 is 2.70 bits per heavy atom. The number of hydrogen-bond acceptors (Lipinski definition) is 3. The summed E-state index contributed by atoms with van der Waals surface area (Å²) in [6, 6.07) is 12.5. The smallest absolute Gasteiger partial charge is 0.272 e. The number of carbonyl (C=O) groups excluding carboxylic acids is 1. The van der Waals surface area contributed by atoms with Gasteiger partial charge in [0.05, 0.1) is 24.9 Å². The van der Waals surface area contributed by atoms with Crippen molar-refractivity contribution in [2.45, 2.75) is 26.1 Å². The van der Waals surface area contributed by atoms with Gasteiger partial charge in [-0.2, -0.15) is 5.10 Å². The molecular formula is C22H18BrClN4O2. The van der Waals surface area contributed by atoms with Gasteiger partial charge in [-0.1, -0.05) is 51.8 Å². The number of aliphatic hydroxyl groups excluding tert-OH is 1. The maximum absolute atomic E-state index is 13.2. The zero-order valence-electron chi connectivity index (χ0n) is 16.1. The van der Waals surface area contributed by atoms with Crippen LogP contribution in [0.3, 0.4) is 0 Å². The van der Waals surface area contributed by atoms with Crippen LogP contribution in [0.2, 0.25) is 5.02 Å². The van der Waals surface area contributed by atoms with E-state index in [1.165, 1.54) is 0 Å². The molecule has 152 valence electrons. The zero-order chi connectivity index (χ0) is 21.4. The Morgan fingerprint density at radius 2 is 2.03 bits per heavy atom. The molecule has 0 spiro atoms. The van der Waals surface area contributed by atoms with Crippen molar-refractivity contribution in [3.8, 4) is 11.3 Å². The van der Waals surface area contributed by atoms with Crippen LogP contribution in [0.5, 0.6) is 0 Å². The van der Waals surface area contributed by atoms with Crippen molar-refractivity contribution in [2.75, 3.05) is 6.54 Å². The molecule has 0 bridgehead atoms. The van der Waals surface area contributed by atoms with E-state index in [9.17, 15) is 9.90 Å². The summed E-state index contributed by atoms with van der Waals surface area (Å²) < 4.78 is 2.46. The number of halogens is 2. The van der Waals surface area contributed by atoms with Crippen LogP contribution in [-0.4, -0.2) is 32.2 Å². The topological polar surface area (TPSA) is 62.7 Å². The number of benzene rings is 2. The van der Waals surface area contributed by atoms with Gasteiger partial charge in [0.2, 0.25) is 0 Å². The summed E-state index contributed by atoms with van der Waals surface area (Å²) >= 11 is 9.61. The molecule has 2 aromatic carbocycles. The first-order chi connectivity index (χ1) is 14.4. The number of fused-ring (bicyclic) bond motifs is 1. The third-order valence-corrected chi connectivity index (χ3v) is 5.99. The highest BCUT2D eigenvalue weighted by Crippen LogP contribution is 2.36. The fourth-order valence-corrected chi connectivity index (χ4v) is 4.80. The van der Waals surface area contributed by atoms with E-state index in [1.807, 2.05) is 19.1 Å². The van der Waals surface area contributed by atoms with E-state index in [1.54, 1.807) is 39.9 Å². The van der Waals surface area contributed by atoms with Gasteiger partial charge >= 0.3 is 0 Å². The SMILES string of the molecule is [C-]#[N+]c1ccc(CN2C[C@H](C)n3nc(-c4c(Br)cc(Cl)cc4CO)cc3C2=O)cc1. The predicted octanol–water partition coefficient (Wildman–Crippen LogP) is 5.23. The lowest BCUT2D eigenvalue weighted by molar-refractivity contribution is 0.0651. The van der Waals surface area contributed by atoms with Crippen molar-refractivity contribution in [3.05, 3.63) is 80.2 Å². The Balaban J connectivity index is 1.68. The summed E-state index contributed by atoms with van der Waals surface area (Å²) in [4.78, 5) is 18.4. The van der Waals surface area contributed by atoms with E-state index in [0.29, 0.717) is 45.2 Å². The first-order valence-electron chi connectivity index (χ1n) is 9.35. The van der Waals surface area contributed by atoms with Gasteiger partial charge in [0.25, 0.3) is 5.91 Å². The van der Waals surface area contributed by atoms with Crippen LogP contribution in [0, 0.1) is 6.57 Å². The van der Waals surface area contributed by atoms with Crippen LogP contribution >= 0.6 is 27.5 Å². The first kappa shape index (κ1) is 20.6. The molecule has 0 radical (unpaired) electrons. The Morgan fingerprint density at radius 1 is 1.30 bits per heavy atom. The minimum Gasteiger partial charge on any atom is -0.392 e. The summed E-state index contributed by atoms with van der Waals surface area (Å²) in [6.07, 6.45) is 0. The fourth-order valence-electron chi connectivity index (χ4n) is 3.72. The molecule has 1 aliphatic rings. The highest BCUT2D eigenvalue weighted by atomic mass is 79.9. The predicted molar refractivity (Wildman–Crippen MR) is 118 cm³/mol. The number of rotatable bonds is 4. The monoisotopic (exact) mass is 484 g/mol. The van der Waals surface area contributed by atoms with Gasteiger partial charge in [0.1, 0.15) is 5.69 Å². The van der Waals surface area contributed by atoms with Crippen molar-refractivity contribution in [3.63, 3.8) is 0 Å². The largest absolute Gasteiger partial charge is 0.392 e. The number of aromatic nitrogens is 2. The molecular weight excluding hydrogens is 468 g/mol. The maximum Gasteiger partial charge on any atom is 0.272 e. The lowest BCUT2D eigenvalue weighted by atomic mass is 10.0. The maximum atomic E-state index is 13.2. The van der Waals surface area contributed by atoms with Crippen LogP contribution in [0.15, 0.2) is 46.9 Å². The lowest BCUT2D eigenvalue weighted by Crippen LogP contribution is -2.41. The molecule has 1 N–H and O–H groups in total. The van der Waals surface area contributed by atoms with Gasteiger partial charge in [-0.3, -0.25) is 9.48 Å². The standard InChI is InChI=1S/C22H18BrClN4O2/c1-13-10-27(11-14-3-5-17(25-2)6-4-14)22(30)20-9-19(26-28(13)20)21-15(12-29)7-16(24)8-18(21)23/h3-9,13,29H,10-12H2,1H3/t13-/m0/s1. The van der Waals surface area contributed by atoms with Crippen molar-refractivity contribution in [2.24, 2.45) is 0 Å². The average molecular weight is 486 g/mol. The summed E-state index contributed by atoms with van der Waals surface area (Å²) in [5.41, 5.74) is 4.03. The normalized spacial score (nSPS) is 15.8. The quantitative estimate of drug-likeness (QED) is 0.515. The number of hydrogen-bond donors (Lipinski definition) is 1. The van der Waals surface area contributed by atoms with E-state index in [-0.39, 0.29) is 18.6 Å². The zero-order valence-corrected chi connectivity index (χ0v) is 18.5. The Hall–Kier alpha value is -2.66. The van der Waals surface area contributed by atoms with Gasteiger partial charge < -0.3 is 10.0 Å². The molecule has 4 rings (SSSR count). The molecule has 1 amide bonds. The molecule has 1 atom stereocenters. The van der Waals surface area contributed by atoms with E-state index in [0.717, 1.165) is 11.1 Å². The van der Waals surface area contributed by atoms with Crippen LogP contribution in [0.1, 0.15) is 34.6 Å². The first-order valence-corrected chi connectivity index (χ1v) is 10.5. The lowest BCUT2D eigenvalue weighted by Gasteiger charge is -2.31. The minimum absolute atomic E-state index is 0.00221. The molecule has 0 saturated heterocycles. The van der Waals surface area contributed by atoms with Gasteiger partial charge in [-0.15, -0.1) is 0 Å². The Kier molecular flexibility index (Phi) is 5.65. The molecule has 8 heteroatoms. The van der Waals surface area contributed by atoms with Crippen LogP contribution in [0.4, 0.5) is 5.69 Å². The van der Waals surface area contributed by atoms with Crippen molar-refractivity contribution >= 4 is 39.1 Å². The third kappa shape index (κ3) is 3.74. The second-order valence-corrected chi connectivity index (χ2v) is 8.54. The Bertz CT molecular complexity index is 1170. The van der Waals surface area contributed by atoms with E-state index in [4.69, 9.17) is 18.2 Å². The number of carbonyl (C=O) groups is 1. The highest BCUT2D eigenvalue weighted by Gasteiger charge is 2.31. The molecule has 0 fully saturated rings. The number of nitrogens with zero attached hydrogens (tertiary/aromatic N) is 4. The fraction of sp³-hybridized carbons (Fsp3) is 0.227. The van der Waals surface area contributed by atoms with E-state index in [2.05, 4.69) is 25.9 Å². The summed E-state index contributed by atoms with van der Waals surface area (Å²) in [6.45, 7) is 9.89. The van der Waals surface area contributed by atoms with Crippen molar-refractivity contribution in [1.29, 1.82) is 0 Å². The number of amides is 1. The van der Waals surface area contributed by atoms with Crippen LogP contribution < -0.4 is 0 Å². The Labute approximate surface area is 187 Å². The second kappa shape index (κ2) is 8.23. The summed E-state index contributed by atoms with van der Waals surface area (Å²) in [5, 5.41) is 15.0. The highest BCUT2D eigenvalue weighted by molar-refractivity contribution is 9.10. The minimum atomic E-state index is -0.188. The molecule has 1 aliphatic heterocycles. The molecule has 0 saturated carbocycles. The van der Waals surface area contributed by atoms with Crippen molar-refractivity contribution in [1.82, 2.24) is 14.7 Å². The molecule has 1 aromatic heterocycles. The van der Waals surface area contributed by atoms with Gasteiger partial charge in [-0.25, -0.2) is 4.85 Å². The third-order valence-electron chi connectivity index (χ3n) is 5.15. The van der Waals surface area contributed by atoms with Crippen molar-refractivity contribution < 1.29 is 9.90 Å². The average Bonchev–Trinajstić information content (AvgIpc) is 3.17. The molecule has 2 heterocycles. The molecule has 3 aromatic rings. The van der Waals surface area contributed by atoms with Crippen LogP contribution in [-0.2, 0) is 13.2 Å². The second-order valence-electron chi connectivity index (χ2n) is 7.25. The molecule has 0 unspecified atom stereocenters.